The molecule has 0 radical (unpaired) electrons. The predicted octanol–water partition coefficient (Wildman–Crippen LogP) is 3.30. The molecule has 2 aromatic heterocycles. The van der Waals surface area contributed by atoms with Crippen molar-refractivity contribution in [2.75, 3.05) is 13.2 Å². The molecule has 1 aliphatic heterocycles. The second kappa shape index (κ2) is 4.45. The van der Waals surface area contributed by atoms with Gasteiger partial charge in [0.05, 0.1) is 12.2 Å². The van der Waals surface area contributed by atoms with Crippen molar-refractivity contribution in [1.82, 2.24) is 10.1 Å². The molecule has 1 aliphatic rings. The van der Waals surface area contributed by atoms with Crippen LogP contribution in [0.15, 0.2) is 33.2 Å². The minimum absolute atomic E-state index is 0.241. The molecular formula is C15H14N2O3. The number of hydrogen-bond acceptors (Lipinski definition) is 5. The van der Waals surface area contributed by atoms with Crippen molar-refractivity contribution in [3.05, 3.63) is 35.9 Å². The van der Waals surface area contributed by atoms with Crippen LogP contribution in [0.3, 0.4) is 0 Å². The molecule has 0 bridgehead atoms. The number of furan rings is 1. The first-order valence-electron chi connectivity index (χ1n) is 6.72. The van der Waals surface area contributed by atoms with E-state index in [-0.39, 0.29) is 5.92 Å². The first-order valence-corrected chi connectivity index (χ1v) is 6.72. The van der Waals surface area contributed by atoms with Crippen molar-refractivity contribution in [2.45, 2.75) is 19.3 Å². The van der Waals surface area contributed by atoms with Gasteiger partial charge in [0.25, 0.3) is 5.89 Å². The van der Waals surface area contributed by atoms with E-state index < -0.39 is 0 Å². The Morgan fingerprint density at radius 2 is 2.25 bits per heavy atom. The summed E-state index contributed by atoms with van der Waals surface area (Å²) in [4.78, 5) is 4.50. The number of nitrogens with zero attached hydrogens (tertiary/aromatic N) is 2. The van der Waals surface area contributed by atoms with Gasteiger partial charge in [0.1, 0.15) is 11.3 Å². The number of rotatable bonds is 2. The van der Waals surface area contributed by atoms with Crippen molar-refractivity contribution in [3.8, 4) is 11.5 Å². The van der Waals surface area contributed by atoms with Crippen LogP contribution in [-0.4, -0.2) is 23.4 Å². The van der Waals surface area contributed by atoms with Crippen LogP contribution in [0.2, 0.25) is 0 Å². The average Bonchev–Trinajstić information content (AvgIpc) is 3.17. The molecule has 1 aromatic carbocycles. The van der Waals surface area contributed by atoms with E-state index >= 15 is 0 Å². The van der Waals surface area contributed by atoms with Crippen molar-refractivity contribution in [3.63, 3.8) is 0 Å². The maximum absolute atomic E-state index is 5.74. The standard InChI is InChI=1S/C15H14N2O3/c1-9-7-10-3-2-4-12(13(10)19-9)15-16-14(17-20-15)11-5-6-18-8-11/h2-4,7,11H,5-6,8H2,1H3/t11-/m0/s1. The number of aromatic nitrogens is 2. The molecule has 1 saturated heterocycles. The first kappa shape index (κ1) is 11.7. The number of fused-ring (bicyclic) bond motifs is 1. The van der Waals surface area contributed by atoms with E-state index in [9.17, 15) is 0 Å². The van der Waals surface area contributed by atoms with Crippen LogP contribution in [0.25, 0.3) is 22.4 Å². The second-order valence-electron chi connectivity index (χ2n) is 5.10. The summed E-state index contributed by atoms with van der Waals surface area (Å²) in [5.41, 5.74) is 1.64. The Hall–Kier alpha value is -2.14. The van der Waals surface area contributed by atoms with Crippen molar-refractivity contribution in [2.24, 2.45) is 0 Å². The van der Waals surface area contributed by atoms with Gasteiger partial charge in [-0.3, -0.25) is 0 Å². The Morgan fingerprint density at radius 3 is 3.10 bits per heavy atom. The summed E-state index contributed by atoms with van der Waals surface area (Å²) in [6, 6.07) is 7.92. The lowest BCUT2D eigenvalue weighted by Gasteiger charge is -1.98. The molecule has 0 saturated carbocycles. The maximum atomic E-state index is 5.74. The monoisotopic (exact) mass is 270 g/mol. The third-order valence-corrected chi connectivity index (χ3v) is 3.63. The number of hydrogen-bond donors (Lipinski definition) is 0. The molecule has 0 N–H and O–H groups in total. The van der Waals surface area contributed by atoms with Gasteiger partial charge in [-0.2, -0.15) is 4.98 Å². The quantitative estimate of drug-likeness (QED) is 0.715. The molecule has 3 heterocycles. The van der Waals surface area contributed by atoms with Gasteiger partial charge in [-0.1, -0.05) is 17.3 Å². The van der Waals surface area contributed by atoms with Gasteiger partial charge < -0.3 is 13.7 Å². The Kier molecular flexibility index (Phi) is 2.60. The summed E-state index contributed by atoms with van der Waals surface area (Å²) < 4.78 is 16.5. The van der Waals surface area contributed by atoms with E-state index in [0.29, 0.717) is 12.5 Å². The maximum Gasteiger partial charge on any atom is 0.261 e. The lowest BCUT2D eigenvalue weighted by molar-refractivity contribution is 0.192. The zero-order valence-corrected chi connectivity index (χ0v) is 11.1. The van der Waals surface area contributed by atoms with E-state index in [1.165, 1.54) is 0 Å². The van der Waals surface area contributed by atoms with Gasteiger partial charge in [0.15, 0.2) is 5.82 Å². The van der Waals surface area contributed by atoms with Crippen LogP contribution in [0, 0.1) is 6.92 Å². The molecule has 0 unspecified atom stereocenters. The smallest absolute Gasteiger partial charge is 0.261 e. The molecule has 0 aliphatic carbocycles. The molecule has 102 valence electrons. The zero-order valence-electron chi connectivity index (χ0n) is 11.1. The van der Waals surface area contributed by atoms with Gasteiger partial charge in [-0.25, -0.2) is 0 Å². The summed E-state index contributed by atoms with van der Waals surface area (Å²) in [7, 11) is 0. The second-order valence-corrected chi connectivity index (χ2v) is 5.10. The van der Waals surface area contributed by atoms with Gasteiger partial charge in [0, 0.05) is 17.9 Å². The largest absolute Gasteiger partial charge is 0.461 e. The molecule has 3 aromatic rings. The summed E-state index contributed by atoms with van der Waals surface area (Å²) in [5.74, 6) is 2.34. The SMILES string of the molecule is Cc1cc2cccc(-c3nc([C@H]4CCOC4)no3)c2o1. The fourth-order valence-corrected chi connectivity index (χ4v) is 2.61. The van der Waals surface area contributed by atoms with Crippen LogP contribution in [0.1, 0.15) is 23.9 Å². The zero-order chi connectivity index (χ0) is 13.5. The van der Waals surface area contributed by atoms with Gasteiger partial charge >= 0.3 is 0 Å². The van der Waals surface area contributed by atoms with E-state index in [1.807, 2.05) is 31.2 Å². The minimum atomic E-state index is 0.241. The summed E-state index contributed by atoms with van der Waals surface area (Å²) in [6.45, 7) is 3.36. The topological polar surface area (TPSA) is 61.3 Å². The first-order chi connectivity index (χ1) is 9.81. The van der Waals surface area contributed by atoms with Crippen molar-refractivity contribution < 1.29 is 13.7 Å². The van der Waals surface area contributed by atoms with Crippen LogP contribution >= 0.6 is 0 Å². The molecule has 1 fully saturated rings. The highest BCUT2D eigenvalue weighted by Gasteiger charge is 2.24. The van der Waals surface area contributed by atoms with Crippen LogP contribution in [-0.2, 0) is 4.74 Å². The lowest BCUT2D eigenvalue weighted by atomic mass is 10.1. The number of aryl methyl sites for hydroxylation is 1. The van der Waals surface area contributed by atoms with Crippen molar-refractivity contribution in [1.29, 1.82) is 0 Å². The molecule has 0 spiro atoms. The number of benzene rings is 1. The Balaban J connectivity index is 1.79. The third-order valence-electron chi connectivity index (χ3n) is 3.63. The molecule has 4 rings (SSSR count). The minimum Gasteiger partial charge on any atom is -0.461 e. The molecule has 1 atom stereocenters. The highest BCUT2D eigenvalue weighted by atomic mass is 16.5. The van der Waals surface area contributed by atoms with Crippen LogP contribution in [0.5, 0.6) is 0 Å². The van der Waals surface area contributed by atoms with Crippen molar-refractivity contribution >= 4 is 11.0 Å². The molecule has 5 heteroatoms. The van der Waals surface area contributed by atoms with Crippen LogP contribution in [0.4, 0.5) is 0 Å². The Labute approximate surface area is 115 Å². The van der Waals surface area contributed by atoms with Gasteiger partial charge in [0.2, 0.25) is 0 Å². The fraction of sp³-hybridized carbons (Fsp3) is 0.333. The molecule has 20 heavy (non-hydrogen) atoms. The fourth-order valence-electron chi connectivity index (χ4n) is 2.61. The predicted molar refractivity (Wildman–Crippen MR) is 72.4 cm³/mol. The number of ether oxygens (including phenoxy) is 1. The van der Waals surface area contributed by atoms with Crippen LogP contribution < -0.4 is 0 Å². The molecule has 5 nitrogen and oxygen atoms in total. The summed E-state index contributed by atoms with van der Waals surface area (Å²) >= 11 is 0. The highest BCUT2D eigenvalue weighted by Crippen LogP contribution is 2.31. The van der Waals surface area contributed by atoms with E-state index in [1.54, 1.807) is 0 Å². The van der Waals surface area contributed by atoms with Gasteiger partial charge in [-0.05, 0) is 25.5 Å². The van der Waals surface area contributed by atoms with Gasteiger partial charge in [-0.15, -0.1) is 0 Å². The van der Waals surface area contributed by atoms with E-state index in [2.05, 4.69) is 10.1 Å². The van der Waals surface area contributed by atoms with E-state index in [0.717, 1.165) is 41.1 Å². The molecular weight excluding hydrogens is 256 g/mol. The molecule has 0 amide bonds. The normalized spacial score (nSPS) is 18.9. The third kappa shape index (κ3) is 1.82. The summed E-state index contributed by atoms with van der Waals surface area (Å²) in [5, 5.41) is 5.13. The Bertz CT molecular complexity index is 753. The lowest BCUT2D eigenvalue weighted by Crippen LogP contribution is -1.99. The number of para-hydroxylation sites is 1. The Morgan fingerprint density at radius 1 is 1.30 bits per heavy atom. The highest BCUT2D eigenvalue weighted by molar-refractivity contribution is 5.90. The van der Waals surface area contributed by atoms with E-state index in [4.69, 9.17) is 13.7 Å². The average molecular weight is 270 g/mol. The summed E-state index contributed by atoms with van der Waals surface area (Å²) in [6.07, 6.45) is 0.947.